The summed E-state index contributed by atoms with van der Waals surface area (Å²) in [6.45, 7) is 0. The summed E-state index contributed by atoms with van der Waals surface area (Å²) in [5, 5.41) is 0. The second-order valence-corrected chi connectivity index (χ2v) is 3.07. The molecule has 0 aliphatic rings. The molecule has 0 amide bonds. The van der Waals surface area contributed by atoms with Gasteiger partial charge >= 0.3 is 6.18 Å². The molecule has 1 aromatic carbocycles. The number of hydrogen-bond acceptors (Lipinski definition) is 1. The minimum atomic E-state index is -4.26. The Morgan fingerprint density at radius 3 is 2.29 bits per heavy atom. The van der Waals surface area contributed by atoms with E-state index in [0.29, 0.717) is 11.3 Å². The van der Waals surface area contributed by atoms with Crippen LogP contribution >= 0.6 is 0 Å². The third-order valence-corrected chi connectivity index (χ3v) is 1.74. The van der Waals surface area contributed by atoms with Crippen LogP contribution in [0.25, 0.3) is 0 Å². The van der Waals surface area contributed by atoms with Crippen molar-refractivity contribution in [3.63, 3.8) is 0 Å². The zero-order valence-corrected chi connectivity index (χ0v) is 9.06. The van der Waals surface area contributed by atoms with Crippen LogP contribution in [0, 0.1) is 23.7 Å². The Labute approximate surface area is 97.6 Å². The molecular formula is C13H9F3O. The number of hydrogen-bond donors (Lipinski definition) is 0. The van der Waals surface area contributed by atoms with E-state index in [1.54, 1.807) is 31.4 Å². The first-order chi connectivity index (χ1) is 8.01. The summed E-state index contributed by atoms with van der Waals surface area (Å²) < 4.78 is 40.1. The van der Waals surface area contributed by atoms with Crippen molar-refractivity contribution < 1.29 is 17.9 Å². The van der Waals surface area contributed by atoms with Gasteiger partial charge in [0, 0.05) is 5.56 Å². The van der Waals surface area contributed by atoms with Crippen molar-refractivity contribution in [2.24, 2.45) is 0 Å². The van der Waals surface area contributed by atoms with Crippen LogP contribution in [0.1, 0.15) is 12.0 Å². The molecule has 0 fully saturated rings. The first-order valence-electron chi connectivity index (χ1n) is 4.71. The standard InChI is InChI=1S/C13H9F3O/c1-17-12-8-6-11(7-9-12)5-3-2-4-10-13(14,15)16/h6-9H,10H2,1H3. The van der Waals surface area contributed by atoms with E-state index in [-0.39, 0.29) is 0 Å². The lowest BCUT2D eigenvalue weighted by Crippen LogP contribution is -2.04. The van der Waals surface area contributed by atoms with Crippen molar-refractivity contribution in [1.29, 1.82) is 0 Å². The van der Waals surface area contributed by atoms with Crippen LogP contribution in [0.4, 0.5) is 13.2 Å². The highest BCUT2D eigenvalue weighted by Crippen LogP contribution is 2.17. The van der Waals surface area contributed by atoms with Gasteiger partial charge in [0.2, 0.25) is 0 Å². The van der Waals surface area contributed by atoms with Crippen molar-refractivity contribution in [3.8, 4) is 29.4 Å². The summed E-state index contributed by atoms with van der Waals surface area (Å²) in [5.74, 6) is 9.79. The number of halogens is 3. The van der Waals surface area contributed by atoms with E-state index < -0.39 is 12.6 Å². The van der Waals surface area contributed by atoms with Crippen molar-refractivity contribution in [3.05, 3.63) is 29.8 Å². The van der Waals surface area contributed by atoms with Crippen molar-refractivity contribution >= 4 is 0 Å². The maximum Gasteiger partial charge on any atom is 0.399 e. The van der Waals surface area contributed by atoms with Gasteiger partial charge in [0.15, 0.2) is 0 Å². The first kappa shape index (κ1) is 13.0. The van der Waals surface area contributed by atoms with Gasteiger partial charge in [0.1, 0.15) is 12.2 Å². The number of ether oxygens (including phenoxy) is 1. The fourth-order valence-electron chi connectivity index (χ4n) is 0.966. The van der Waals surface area contributed by atoms with E-state index in [4.69, 9.17) is 4.74 Å². The third-order valence-electron chi connectivity index (χ3n) is 1.74. The zero-order valence-electron chi connectivity index (χ0n) is 9.06. The molecule has 0 saturated carbocycles. The topological polar surface area (TPSA) is 9.23 Å². The van der Waals surface area contributed by atoms with E-state index in [0.717, 1.165) is 0 Å². The van der Waals surface area contributed by atoms with E-state index in [1.807, 2.05) is 5.92 Å². The van der Waals surface area contributed by atoms with E-state index in [2.05, 4.69) is 17.8 Å². The molecule has 0 unspecified atom stereocenters. The van der Waals surface area contributed by atoms with Gasteiger partial charge < -0.3 is 4.74 Å². The summed E-state index contributed by atoms with van der Waals surface area (Å²) in [4.78, 5) is 0. The predicted molar refractivity (Wildman–Crippen MR) is 58.3 cm³/mol. The Hall–Kier alpha value is -2.07. The zero-order chi connectivity index (χ0) is 12.7. The summed E-state index contributed by atoms with van der Waals surface area (Å²) in [6, 6.07) is 6.84. The SMILES string of the molecule is COc1ccc(C#CC#CCC(F)(F)F)cc1. The van der Waals surface area contributed by atoms with Gasteiger partial charge in [-0.15, -0.1) is 0 Å². The predicted octanol–water partition coefficient (Wildman–Crippen LogP) is 3.00. The Morgan fingerprint density at radius 1 is 1.12 bits per heavy atom. The van der Waals surface area contributed by atoms with Crippen LogP contribution in [-0.2, 0) is 0 Å². The van der Waals surface area contributed by atoms with Gasteiger partial charge in [0.05, 0.1) is 7.11 Å². The summed E-state index contributed by atoms with van der Waals surface area (Å²) in [6.07, 6.45) is -5.39. The molecule has 0 spiro atoms. The lowest BCUT2D eigenvalue weighted by Gasteiger charge is -1.97. The number of methoxy groups -OCH3 is 1. The normalized spacial score (nSPS) is 9.65. The maximum atomic E-state index is 11.7. The highest BCUT2D eigenvalue weighted by atomic mass is 19.4. The lowest BCUT2D eigenvalue weighted by atomic mass is 10.2. The smallest absolute Gasteiger partial charge is 0.399 e. The van der Waals surface area contributed by atoms with Gasteiger partial charge in [-0.1, -0.05) is 11.8 Å². The van der Waals surface area contributed by atoms with Crippen LogP contribution < -0.4 is 4.74 Å². The number of rotatable bonds is 1. The molecule has 88 valence electrons. The van der Waals surface area contributed by atoms with E-state index in [9.17, 15) is 13.2 Å². The fraction of sp³-hybridized carbons (Fsp3) is 0.231. The summed E-state index contributed by atoms with van der Waals surface area (Å²) >= 11 is 0. The monoisotopic (exact) mass is 238 g/mol. The molecule has 1 nitrogen and oxygen atoms in total. The average molecular weight is 238 g/mol. The van der Waals surface area contributed by atoms with Gasteiger partial charge in [-0.25, -0.2) is 0 Å². The highest BCUT2D eigenvalue weighted by Gasteiger charge is 2.25. The average Bonchev–Trinajstić information content (AvgIpc) is 2.28. The molecule has 0 N–H and O–H groups in total. The number of benzene rings is 1. The first-order valence-corrected chi connectivity index (χ1v) is 4.71. The molecule has 0 heterocycles. The second-order valence-electron chi connectivity index (χ2n) is 3.07. The molecule has 0 bridgehead atoms. The molecule has 17 heavy (non-hydrogen) atoms. The minimum Gasteiger partial charge on any atom is -0.497 e. The Kier molecular flexibility index (Phi) is 4.48. The van der Waals surface area contributed by atoms with Crippen molar-refractivity contribution in [1.82, 2.24) is 0 Å². The van der Waals surface area contributed by atoms with Gasteiger partial charge in [-0.05, 0) is 36.1 Å². The Bertz CT molecular complexity index is 478. The van der Waals surface area contributed by atoms with Crippen LogP contribution in [0.15, 0.2) is 24.3 Å². The molecule has 0 saturated heterocycles. The number of alkyl halides is 3. The summed E-state index contributed by atoms with van der Waals surface area (Å²) in [7, 11) is 1.54. The molecule has 4 heteroatoms. The van der Waals surface area contributed by atoms with Crippen LogP contribution in [0.3, 0.4) is 0 Å². The maximum absolute atomic E-state index is 11.7. The Morgan fingerprint density at radius 2 is 1.76 bits per heavy atom. The minimum absolute atomic E-state index is 0.673. The molecule has 1 aromatic rings. The highest BCUT2D eigenvalue weighted by molar-refractivity contribution is 5.42. The van der Waals surface area contributed by atoms with Crippen LogP contribution in [0.2, 0.25) is 0 Å². The van der Waals surface area contributed by atoms with Crippen LogP contribution in [0.5, 0.6) is 5.75 Å². The molecular weight excluding hydrogens is 229 g/mol. The van der Waals surface area contributed by atoms with Crippen molar-refractivity contribution in [2.75, 3.05) is 7.11 Å². The van der Waals surface area contributed by atoms with Gasteiger partial charge in [0.25, 0.3) is 0 Å². The molecule has 0 atom stereocenters. The second kappa shape index (κ2) is 5.86. The Balaban J connectivity index is 2.59. The van der Waals surface area contributed by atoms with E-state index in [1.165, 1.54) is 0 Å². The van der Waals surface area contributed by atoms with Crippen molar-refractivity contribution in [2.45, 2.75) is 12.6 Å². The molecule has 0 radical (unpaired) electrons. The molecule has 0 aromatic heterocycles. The lowest BCUT2D eigenvalue weighted by molar-refractivity contribution is -0.123. The van der Waals surface area contributed by atoms with Gasteiger partial charge in [-0.2, -0.15) is 13.2 Å². The molecule has 0 aliphatic heterocycles. The molecule has 1 rings (SSSR count). The van der Waals surface area contributed by atoms with Crippen LogP contribution in [-0.4, -0.2) is 13.3 Å². The fourth-order valence-corrected chi connectivity index (χ4v) is 0.966. The third kappa shape index (κ3) is 5.53. The summed E-state index contributed by atoms with van der Waals surface area (Å²) in [5.41, 5.74) is 0.673. The van der Waals surface area contributed by atoms with Gasteiger partial charge in [-0.3, -0.25) is 0 Å². The molecule has 0 aliphatic carbocycles. The quantitative estimate of drug-likeness (QED) is 0.683. The van der Waals surface area contributed by atoms with E-state index >= 15 is 0 Å². The largest absolute Gasteiger partial charge is 0.497 e.